The van der Waals surface area contributed by atoms with Crippen molar-refractivity contribution in [2.24, 2.45) is 7.05 Å². The number of fused-ring (bicyclic) bond motifs is 1. The molecule has 1 aromatic carbocycles. The van der Waals surface area contributed by atoms with Crippen molar-refractivity contribution < 1.29 is 4.79 Å². The molecule has 0 radical (unpaired) electrons. The fourth-order valence-corrected chi connectivity index (χ4v) is 4.05. The maximum absolute atomic E-state index is 12.6. The molecule has 4 N–H and O–H groups in total. The van der Waals surface area contributed by atoms with E-state index in [1.54, 1.807) is 64.7 Å². The molecule has 3 heterocycles. The van der Waals surface area contributed by atoms with Crippen LogP contribution in [0.25, 0.3) is 22.2 Å². The molecule has 10 nitrogen and oxygen atoms in total. The van der Waals surface area contributed by atoms with Gasteiger partial charge in [-0.1, -0.05) is 5.92 Å². The van der Waals surface area contributed by atoms with Crippen LogP contribution in [0.2, 0.25) is 0 Å². The minimum atomic E-state index is -0.431. The van der Waals surface area contributed by atoms with Crippen molar-refractivity contribution in [3.05, 3.63) is 75.6 Å². The molecule has 4 aromatic rings. The van der Waals surface area contributed by atoms with Crippen LogP contribution in [0.5, 0.6) is 0 Å². The average Bonchev–Trinajstić information content (AvgIpc) is 2.92. The van der Waals surface area contributed by atoms with E-state index in [9.17, 15) is 9.59 Å². The van der Waals surface area contributed by atoms with Gasteiger partial charge in [-0.3, -0.25) is 9.59 Å². The zero-order valence-electron chi connectivity index (χ0n) is 22.7. The summed E-state index contributed by atoms with van der Waals surface area (Å²) >= 11 is 0. The van der Waals surface area contributed by atoms with E-state index in [0.717, 1.165) is 16.5 Å². The first-order valence-corrected chi connectivity index (χ1v) is 12.4. The highest BCUT2D eigenvalue weighted by atomic mass is 16.2. The Balaban J connectivity index is 1.85. The third-order valence-electron chi connectivity index (χ3n) is 6.26. The largest absolute Gasteiger partial charge is 0.385 e. The summed E-state index contributed by atoms with van der Waals surface area (Å²) in [5, 5.41) is 18.0. The van der Waals surface area contributed by atoms with Gasteiger partial charge in [0, 0.05) is 31.3 Å². The van der Waals surface area contributed by atoms with E-state index in [-0.39, 0.29) is 11.5 Å². The molecule has 0 aliphatic rings. The van der Waals surface area contributed by atoms with E-state index in [4.69, 9.17) is 5.41 Å². The smallest absolute Gasteiger partial charge is 0.250 e. The number of carbonyl (C=O) groups excluding carboxylic acids is 1. The predicted molar refractivity (Wildman–Crippen MR) is 154 cm³/mol. The number of aryl methyl sites for hydroxylation is 2. The van der Waals surface area contributed by atoms with Crippen molar-refractivity contribution in [1.82, 2.24) is 24.8 Å². The minimum absolute atomic E-state index is 0.0771. The van der Waals surface area contributed by atoms with Gasteiger partial charge in [0.1, 0.15) is 23.0 Å². The number of likely N-dealkylation sites (N-methyl/N-ethyl adjacent to an activating group) is 1. The Morgan fingerprint density at radius 1 is 1.05 bits per heavy atom. The molecule has 0 saturated carbocycles. The number of nitrogens with zero attached hydrogens (tertiary/aromatic N) is 4. The molecule has 1 atom stereocenters. The van der Waals surface area contributed by atoms with Crippen molar-refractivity contribution in [1.29, 1.82) is 5.41 Å². The second kappa shape index (κ2) is 11.2. The van der Waals surface area contributed by atoms with Crippen molar-refractivity contribution in [3.8, 4) is 23.1 Å². The summed E-state index contributed by atoms with van der Waals surface area (Å²) < 4.78 is 1.59. The molecular formula is C29H30N8O2. The second-order valence-electron chi connectivity index (χ2n) is 9.10. The first kappa shape index (κ1) is 27.2. The molecule has 0 aliphatic heterocycles. The second-order valence-corrected chi connectivity index (χ2v) is 9.10. The Labute approximate surface area is 226 Å². The van der Waals surface area contributed by atoms with Gasteiger partial charge in [-0.25, -0.2) is 15.0 Å². The molecule has 0 spiro atoms. The summed E-state index contributed by atoms with van der Waals surface area (Å²) in [5.41, 5.74) is 4.52. The molecule has 0 fully saturated rings. The van der Waals surface area contributed by atoms with Crippen LogP contribution in [0.4, 0.5) is 11.5 Å². The molecule has 4 rings (SSSR count). The number of pyridine rings is 2. The number of amides is 1. The van der Waals surface area contributed by atoms with E-state index in [0.29, 0.717) is 45.7 Å². The van der Waals surface area contributed by atoms with Crippen molar-refractivity contribution in [3.63, 3.8) is 0 Å². The molecular weight excluding hydrogens is 492 g/mol. The van der Waals surface area contributed by atoms with Gasteiger partial charge in [0.05, 0.1) is 28.7 Å². The Kier molecular flexibility index (Phi) is 7.83. The van der Waals surface area contributed by atoms with Crippen molar-refractivity contribution in [2.45, 2.75) is 26.8 Å². The molecule has 0 aliphatic carbocycles. The lowest BCUT2D eigenvalue weighted by atomic mass is 10.1. The third-order valence-corrected chi connectivity index (χ3v) is 6.26. The van der Waals surface area contributed by atoms with E-state index in [2.05, 4.69) is 42.7 Å². The zero-order chi connectivity index (χ0) is 28.3. The highest BCUT2D eigenvalue weighted by molar-refractivity contribution is 6.02. The quantitative estimate of drug-likeness (QED) is 0.226. The molecule has 1 amide bonds. The first-order chi connectivity index (χ1) is 18.6. The van der Waals surface area contributed by atoms with E-state index in [1.807, 2.05) is 18.2 Å². The molecule has 10 heteroatoms. The standard InChI is InChI=1S/C29H30N8O2/c1-16(30)26-28(32-5)27(34-18(3)33-26)21-14-22(35-24(15-21)36-29(39)17(2)31-4)10-7-19-8-11-23-20(13-19)9-12-25(38)37(23)6/h8-9,11-15,17,30-32H,1-6H3,(H,35,36,39). The third kappa shape index (κ3) is 5.84. The van der Waals surface area contributed by atoms with Crippen LogP contribution >= 0.6 is 0 Å². The van der Waals surface area contributed by atoms with E-state index < -0.39 is 6.04 Å². The van der Waals surface area contributed by atoms with Crippen LogP contribution in [-0.4, -0.2) is 51.3 Å². The molecule has 198 valence electrons. The highest BCUT2D eigenvalue weighted by Crippen LogP contribution is 2.30. The maximum Gasteiger partial charge on any atom is 0.250 e. The Bertz CT molecular complexity index is 1730. The van der Waals surface area contributed by atoms with Gasteiger partial charge < -0.3 is 25.9 Å². The average molecular weight is 523 g/mol. The number of hydrogen-bond acceptors (Lipinski definition) is 8. The molecule has 39 heavy (non-hydrogen) atoms. The summed E-state index contributed by atoms with van der Waals surface area (Å²) in [6, 6.07) is 12.0. The summed E-state index contributed by atoms with van der Waals surface area (Å²) in [4.78, 5) is 38.2. The molecule has 0 saturated heterocycles. The van der Waals surface area contributed by atoms with Crippen molar-refractivity contribution >= 4 is 34.0 Å². The first-order valence-electron chi connectivity index (χ1n) is 12.4. The normalized spacial score (nSPS) is 11.4. The van der Waals surface area contributed by atoms with Crippen LogP contribution in [-0.2, 0) is 11.8 Å². The number of carbonyl (C=O) groups is 1. The van der Waals surface area contributed by atoms with Gasteiger partial charge in [0.2, 0.25) is 5.91 Å². The van der Waals surface area contributed by atoms with Crippen LogP contribution in [0.3, 0.4) is 0 Å². The number of rotatable bonds is 6. The van der Waals surface area contributed by atoms with Gasteiger partial charge >= 0.3 is 0 Å². The molecule has 0 bridgehead atoms. The highest BCUT2D eigenvalue weighted by Gasteiger charge is 2.18. The van der Waals surface area contributed by atoms with E-state index >= 15 is 0 Å². The number of hydrogen-bond donors (Lipinski definition) is 4. The Morgan fingerprint density at radius 2 is 1.82 bits per heavy atom. The lowest BCUT2D eigenvalue weighted by Gasteiger charge is -2.15. The van der Waals surface area contributed by atoms with Gasteiger partial charge in [0.15, 0.2) is 0 Å². The van der Waals surface area contributed by atoms with E-state index in [1.165, 1.54) is 6.07 Å². The summed E-state index contributed by atoms with van der Waals surface area (Å²) in [7, 11) is 5.19. The van der Waals surface area contributed by atoms with Crippen LogP contribution in [0, 0.1) is 24.2 Å². The lowest BCUT2D eigenvalue weighted by molar-refractivity contribution is -0.117. The van der Waals surface area contributed by atoms with Crippen LogP contribution in [0.15, 0.2) is 47.3 Å². The summed E-state index contributed by atoms with van der Waals surface area (Å²) in [6.45, 7) is 5.19. The minimum Gasteiger partial charge on any atom is -0.385 e. The van der Waals surface area contributed by atoms with Crippen LogP contribution in [0.1, 0.15) is 36.6 Å². The number of nitrogens with one attached hydrogen (secondary N) is 4. The maximum atomic E-state index is 12.6. The fourth-order valence-electron chi connectivity index (χ4n) is 4.05. The zero-order valence-corrected chi connectivity index (χ0v) is 22.7. The topological polar surface area (TPSA) is 138 Å². The number of anilines is 2. The van der Waals surface area contributed by atoms with Crippen LogP contribution < -0.4 is 21.5 Å². The number of aromatic nitrogens is 4. The lowest BCUT2D eigenvalue weighted by Crippen LogP contribution is -2.35. The summed E-state index contributed by atoms with van der Waals surface area (Å²) in [6.07, 6.45) is 0. The Hall–Kier alpha value is -4.88. The molecule has 3 aromatic heterocycles. The van der Waals surface area contributed by atoms with Gasteiger partial charge in [-0.15, -0.1) is 0 Å². The predicted octanol–water partition coefficient (Wildman–Crippen LogP) is 3.07. The monoisotopic (exact) mass is 522 g/mol. The van der Waals surface area contributed by atoms with Crippen molar-refractivity contribution in [2.75, 3.05) is 24.7 Å². The Morgan fingerprint density at radius 3 is 2.51 bits per heavy atom. The van der Waals surface area contributed by atoms with Gasteiger partial charge in [-0.05, 0) is 75.5 Å². The van der Waals surface area contributed by atoms with Gasteiger partial charge in [-0.2, -0.15) is 0 Å². The SMILES string of the molecule is CNc1c(C(C)=N)nc(C)nc1-c1cc(C#Cc2ccc3c(ccc(=O)n3C)c2)nc(NC(=O)C(C)NC)c1. The fraction of sp³-hybridized carbons (Fsp3) is 0.241. The van der Waals surface area contributed by atoms with Gasteiger partial charge in [0.25, 0.3) is 5.56 Å². The molecule has 1 unspecified atom stereocenters. The summed E-state index contributed by atoms with van der Waals surface area (Å²) in [5.74, 6) is 6.83. The number of benzene rings is 1.